The number of carbonyl (C=O) groups is 1. The summed E-state index contributed by atoms with van der Waals surface area (Å²) in [5.74, 6) is 0.558. The Morgan fingerprint density at radius 3 is 2.46 bits per heavy atom. The molecule has 186 valence electrons. The Balaban J connectivity index is 1.46. The Kier molecular flexibility index (Phi) is 9.16. The van der Waals surface area contributed by atoms with E-state index in [0.29, 0.717) is 31.9 Å². The number of alkyl halides is 1. The number of hydrogen-bond donors (Lipinski definition) is 0. The molecule has 1 aromatic carbocycles. The zero-order valence-electron chi connectivity index (χ0n) is 20.0. The van der Waals surface area contributed by atoms with Gasteiger partial charge in [-0.15, -0.1) is 0 Å². The first-order valence-electron chi connectivity index (χ1n) is 11.5. The van der Waals surface area contributed by atoms with Crippen LogP contribution in [-0.4, -0.2) is 87.5 Å². The number of anilines is 1. The predicted molar refractivity (Wildman–Crippen MR) is 136 cm³/mol. The Bertz CT molecular complexity index is 1170. The molecule has 3 aromatic rings. The van der Waals surface area contributed by atoms with Gasteiger partial charge in [0.05, 0.1) is 0 Å². The van der Waals surface area contributed by atoms with Gasteiger partial charge in [-0.2, -0.15) is 0 Å². The van der Waals surface area contributed by atoms with Crippen molar-refractivity contribution < 1.29 is 26.0 Å². The van der Waals surface area contributed by atoms with E-state index in [0.717, 1.165) is 30.8 Å². The number of pyridine rings is 1. The molecule has 1 aliphatic rings. The van der Waals surface area contributed by atoms with Gasteiger partial charge in [0.2, 0.25) is 0 Å². The molecule has 1 fully saturated rings. The fraction of sp³-hybridized carbons (Fsp3) is 0.360. The van der Waals surface area contributed by atoms with Gasteiger partial charge in [-0.25, -0.2) is 0 Å². The maximum absolute atomic E-state index is 13.5. The van der Waals surface area contributed by atoms with E-state index in [2.05, 4.69) is 34.0 Å². The van der Waals surface area contributed by atoms with E-state index in [9.17, 15) is 9.59 Å². The van der Waals surface area contributed by atoms with Crippen molar-refractivity contribution in [1.29, 1.82) is 0 Å². The van der Waals surface area contributed by atoms with Gasteiger partial charge >= 0.3 is 216 Å². The van der Waals surface area contributed by atoms with Gasteiger partial charge in [0.25, 0.3) is 0 Å². The Morgan fingerprint density at radius 2 is 1.77 bits per heavy atom. The van der Waals surface area contributed by atoms with Gasteiger partial charge in [-0.1, -0.05) is 0 Å². The van der Waals surface area contributed by atoms with E-state index in [-0.39, 0.29) is 11.5 Å². The minimum absolute atomic E-state index is 0.0208. The summed E-state index contributed by atoms with van der Waals surface area (Å²) in [4.78, 5) is 37.6. The van der Waals surface area contributed by atoms with Gasteiger partial charge in [-0.05, 0) is 0 Å². The molecule has 0 spiro atoms. The Hall–Kier alpha value is -2.44. The number of benzene rings is 1. The number of hydrogen-bond acceptors (Lipinski definition) is 7. The summed E-state index contributed by atoms with van der Waals surface area (Å²) in [6.45, 7) is 3.65. The van der Waals surface area contributed by atoms with Crippen LogP contribution < -0.4 is 31.7 Å². The number of rotatable bonds is 9. The van der Waals surface area contributed by atoms with Gasteiger partial charge in [0.1, 0.15) is 0 Å². The molecule has 1 saturated heterocycles. The quantitative estimate of drug-likeness (QED) is 0.174. The third kappa shape index (κ3) is 6.83. The average Bonchev–Trinajstić information content (AvgIpc) is 2.89. The van der Waals surface area contributed by atoms with Gasteiger partial charge in [0, 0.05) is 0 Å². The van der Waals surface area contributed by atoms with Crippen LogP contribution >= 0.6 is 11.8 Å². The SMILES string of the molecule is CN(C)CC[I-]c1c(N2CCN(C(=O)CSc3ccncc3)CC2)cnn(-c2ccccc2)c1=O. The van der Waals surface area contributed by atoms with Crippen LogP contribution in [0.25, 0.3) is 5.69 Å². The molecule has 0 atom stereocenters. The fourth-order valence-electron chi connectivity index (χ4n) is 3.70. The summed E-state index contributed by atoms with van der Waals surface area (Å²) >= 11 is 1.05. The summed E-state index contributed by atoms with van der Waals surface area (Å²) < 4.78 is 3.42. The van der Waals surface area contributed by atoms with Crippen LogP contribution in [0.3, 0.4) is 0 Å². The summed E-state index contributed by atoms with van der Waals surface area (Å²) in [6.07, 6.45) is 5.32. The second-order valence-electron chi connectivity index (χ2n) is 8.36. The Labute approximate surface area is 220 Å². The molecular formula is C25H30IN6O2S-. The molecule has 1 amide bonds. The zero-order chi connectivity index (χ0) is 24.6. The summed E-state index contributed by atoms with van der Waals surface area (Å²) in [6, 6.07) is 13.4. The van der Waals surface area contributed by atoms with E-state index < -0.39 is 21.2 Å². The van der Waals surface area contributed by atoms with Crippen molar-refractivity contribution in [1.82, 2.24) is 24.6 Å². The summed E-state index contributed by atoms with van der Waals surface area (Å²) in [5, 5.41) is 4.53. The van der Waals surface area contributed by atoms with E-state index in [1.54, 1.807) is 12.4 Å². The van der Waals surface area contributed by atoms with Crippen molar-refractivity contribution in [2.45, 2.75) is 4.90 Å². The van der Waals surface area contributed by atoms with Crippen molar-refractivity contribution in [3.63, 3.8) is 0 Å². The van der Waals surface area contributed by atoms with Crippen LogP contribution in [0.5, 0.6) is 0 Å². The van der Waals surface area contributed by atoms with Gasteiger partial charge < -0.3 is 0 Å². The molecule has 8 nitrogen and oxygen atoms in total. The number of halogens is 1. The molecular weight excluding hydrogens is 575 g/mol. The number of aromatic nitrogens is 3. The van der Waals surface area contributed by atoms with Crippen LogP contribution in [0.2, 0.25) is 0 Å². The predicted octanol–water partition coefficient (Wildman–Crippen LogP) is -1.11. The van der Waals surface area contributed by atoms with Gasteiger partial charge in [-0.3, -0.25) is 4.98 Å². The first-order chi connectivity index (χ1) is 17.0. The zero-order valence-corrected chi connectivity index (χ0v) is 23.0. The van der Waals surface area contributed by atoms with E-state index in [4.69, 9.17) is 0 Å². The van der Waals surface area contributed by atoms with Crippen molar-refractivity contribution in [2.24, 2.45) is 0 Å². The van der Waals surface area contributed by atoms with Crippen LogP contribution in [0.1, 0.15) is 0 Å². The average molecular weight is 606 g/mol. The molecule has 0 N–H and O–H groups in total. The topological polar surface area (TPSA) is 74.6 Å². The minimum atomic E-state index is -0.488. The normalized spacial score (nSPS) is 14.0. The number of thioether (sulfide) groups is 1. The summed E-state index contributed by atoms with van der Waals surface area (Å²) in [5.41, 5.74) is 1.70. The molecule has 2 aromatic heterocycles. The first-order valence-corrected chi connectivity index (χ1v) is 15.1. The second kappa shape index (κ2) is 12.5. The Morgan fingerprint density at radius 1 is 1.06 bits per heavy atom. The second-order valence-corrected chi connectivity index (χ2v) is 12.3. The number of carbonyl (C=O) groups excluding carboxylic acids is 1. The molecule has 0 saturated carbocycles. The molecule has 4 rings (SSSR count). The van der Waals surface area contributed by atoms with Crippen molar-refractivity contribution in [3.05, 3.63) is 75.0 Å². The molecule has 10 heteroatoms. The third-order valence-electron chi connectivity index (χ3n) is 5.65. The van der Waals surface area contributed by atoms with Gasteiger partial charge in [0.15, 0.2) is 0 Å². The fourth-order valence-corrected chi connectivity index (χ4v) is 7.65. The molecule has 0 aliphatic carbocycles. The van der Waals surface area contributed by atoms with E-state index >= 15 is 0 Å². The van der Waals surface area contributed by atoms with Crippen LogP contribution in [0.15, 0.2) is 70.7 Å². The van der Waals surface area contributed by atoms with E-state index in [1.165, 1.54) is 16.4 Å². The van der Waals surface area contributed by atoms with Crippen molar-refractivity contribution in [2.75, 3.05) is 61.9 Å². The number of para-hydroxylation sites is 1. The number of amides is 1. The third-order valence-corrected chi connectivity index (χ3v) is 9.44. The molecule has 35 heavy (non-hydrogen) atoms. The number of piperazine rings is 1. The first kappa shape index (κ1) is 25.6. The van der Waals surface area contributed by atoms with Crippen molar-refractivity contribution in [3.8, 4) is 5.69 Å². The standard InChI is InChI=1S/C25H30IN6O2S/c1-29(2)13-10-26-24-22(18-28-32(25(24)34)20-6-4-3-5-7-20)30-14-16-31(17-15-30)23(33)19-35-21-8-11-27-12-9-21/h3-9,11-12,18H,10,13-17,19H2,1-2H3/q-1. The summed E-state index contributed by atoms with van der Waals surface area (Å²) in [7, 11) is 4.12. The van der Waals surface area contributed by atoms with Crippen molar-refractivity contribution >= 4 is 23.4 Å². The number of nitrogens with zero attached hydrogens (tertiary/aromatic N) is 6. The molecule has 1 aliphatic heterocycles. The molecule has 0 unspecified atom stereocenters. The monoisotopic (exact) mass is 605 g/mol. The van der Waals surface area contributed by atoms with E-state index in [1.807, 2.05) is 53.6 Å². The molecule has 3 heterocycles. The van der Waals surface area contributed by atoms with Crippen LogP contribution in [-0.2, 0) is 4.79 Å². The maximum atomic E-state index is 13.5. The molecule has 0 bridgehead atoms. The molecule has 0 radical (unpaired) electrons. The van der Waals surface area contributed by atoms with Crippen LogP contribution in [0.4, 0.5) is 5.69 Å². The van der Waals surface area contributed by atoms with Crippen LogP contribution in [0, 0.1) is 3.57 Å².